The molecule has 0 aliphatic carbocycles. The van der Waals surface area contributed by atoms with Crippen molar-refractivity contribution in [3.8, 4) is 47.0 Å². The van der Waals surface area contributed by atoms with E-state index in [-0.39, 0.29) is 5.25 Å². The molecule has 3 heteroatoms. The van der Waals surface area contributed by atoms with Crippen molar-refractivity contribution in [3.05, 3.63) is 143 Å². The fourth-order valence-corrected chi connectivity index (χ4v) is 5.76. The minimum Gasteiger partial charge on any atom is -0.376 e. The number of hydrogen-bond donors (Lipinski definition) is 1. The van der Waals surface area contributed by atoms with Crippen LogP contribution in [0.4, 0.5) is 0 Å². The molecular formula is C38H32OSSi. The smallest absolute Gasteiger partial charge is 0.142 e. The van der Waals surface area contributed by atoms with Crippen molar-refractivity contribution >= 4 is 19.8 Å². The number of aliphatic hydroxyl groups is 1. The lowest BCUT2D eigenvalue weighted by molar-refractivity contribution is 0.238. The van der Waals surface area contributed by atoms with Gasteiger partial charge in [0.05, 0.1) is 5.25 Å². The van der Waals surface area contributed by atoms with Gasteiger partial charge in [0.15, 0.2) is 0 Å². The monoisotopic (exact) mass is 564 g/mol. The molecule has 0 aliphatic heterocycles. The standard InChI is InChI=1S/C38H32OSSi/c1-41(2,3)29-17-16-28-37(39)36-27-15-14-21-32(36)20-12-10-18-31-19-11-13-26-35(31)30-40-38(33-22-6-4-7-23-33)34-24-8-5-9-25-34/h4-9,11,13-15,19,21-27,37-39H,30H2,1-3H3. The van der Waals surface area contributed by atoms with Crippen LogP contribution in [0.2, 0.25) is 19.6 Å². The molecule has 0 radical (unpaired) electrons. The Morgan fingerprint density at radius 1 is 0.634 bits per heavy atom. The molecule has 1 atom stereocenters. The van der Waals surface area contributed by atoms with Gasteiger partial charge in [0, 0.05) is 22.4 Å². The second kappa shape index (κ2) is 14.9. The number of aliphatic hydroxyl groups excluding tert-OH is 1. The number of rotatable bonds is 6. The summed E-state index contributed by atoms with van der Waals surface area (Å²) in [6.07, 6.45) is -0.954. The zero-order valence-electron chi connectivity index (χ0n) is 23.6. The van der Waals surface area contributed by atoms with Gasteiger partial charge in [-0.25, -0.2) is 0 Å². The predicted octanol–water partition coefficient (Wildman–Crippen LogP) is 8.03. The van der Waals surface area contributed by atoms with Crippen LogP contribution in [-0.2, 0) is 5.75 Å². The van der Waals surface area contributed by atoms with Crippen LogP contribution in [0.1, 0.15) is 44.7 Å². The topological polar surface area (TPSA) is 20.2 Å². The minimum atomic E-state index is -1.50. The van der Waals surface area contributed by atoms with E-state index in [9.17, 15) is 5.11 Å². The summed E-state index contributed by atoms with van der Waals surface area (Å²) in [5.74, 6) is 21.7. The number of benzene rings is 4. The fourth-order valence-electron chi connectivity index (χ4n) is 4.03. The third kappa shape index (κ3) is 9.36. The van der Waals surface area contributed by atoms with E-state index in [1.807, 2.05) is 48.2 Å². The highest BCUT2D eigenvalue weighted by atomic mass is 32.2. The minimum absolute atomic E-state index is 0.228. The molecule has 1 nitrogen and oxygen atoms in total. The molecule has 0 amide bonds. The van der Waals surface area contributed by atoms with Gasteiger partial charge in [-0.2, -0.15) is 0 Å². The molecule has 0 saturated carbocycles. The van der Waals surface area contributed by atoms with E-state index in [1.54, 1.807) is 0 Å². The Balaban J connectivity index is 1.51. The van der Waals surface area contributed by atoms with E-state index in [0.29, 0.717) is 11.1 Å². The summed E-state index contributed by atoms with van der Waals surface area (Å²) in [7, 11) is -1.50. The van der Waals surface area contributed by atoms with Crippen LogP contribution in [0.25, 0.3) is 0 Å². The Bertz CT molecular complexity index is 1670. The molecule has 1 unspecified atom stereocenters. The first-order valence-corrected chi connectivity index (χ1v) is 18.1. The summed E-state index contributed by atoms with van der Waals surface area (Å²) in [6.45, 7) is 6.48. The Kier molecular flexibility index (Phi) is 10.7. The fraction of sp³-hybridized carbons (Fsp3) is 0.158. The summed E-state index contributed by atoms with van der Waals surface area (Å²) < 4.78 is 0. The molecular weight excluding hydrogens is 533 g/mol. The van der Waals surface area contributed by atoms with Gasteiger partial charge in [-0.1, -0.05) is 134 Å². The quantitative estimate of drug-likeness (QED) is 0.189. The van der Waals surface area contributed by atoms with Gasteiger partial charge >= 0.3 is 0 Å². The molecule has 1 N–H and O–H groups in total. The van der Waals surface area contributed by atoms with Gasteiger partial charge in [-0.15, -0.1) is 17.3 Å². The highest BCUT2D eigenvalue weighted by Gasteiger charge is 2.15. The van der Waals surface area contributed by atoms with Gasteiger partial charge in [0.1, 0.15) is 14.2 Å². The van der Waals surface area contributed by atoms with E-state index in [4.69, 9.17) is 0 Å². The predicted molar refractivity (Wildman–Crippen MR) is 177 cm³/mol. The molecule has 0 aromatic heterocycles. The maximum absolute atomic E-state index is 10.6. The molecule has 4 rings (SSSR count). The third-order valence-electron chi connectivity index (χ3n) is 6.05. The highest BCUT2D eigenvalue weighted by molar-refractivity contribution is 7.98. The highest BCUT2D eigenvalue weighted by Crippen LogP contribution is 2.37. The first-order valence-electron chi connectivity index (χ1n) is 13.5. The maximum Gasteiger partial charge on any atom is 0.142 e. The summed E-state index contributed by atoms with van der Waals surface area (Å²) in [5, 5.41) is 10.9. The Labute approximate surface area is 250 Å². The molecule has 0 bridgehead atoms. The molecule has 0 saturated heterocycles. The second-order valence-electron chi connectivity index (χ2n) is 10.4. The number of hydrogen-bond acceptors (Lipinski definition) is 2. The molecule has 41 heavy (non-hydrogen) atoms. The molecule has 200 valence electrons. The lowest BCUT2D eigenvalue weighted by Gasteiger charge is -2.18. The van der Waals surface area contributed by atoms with Crippen LogP contribution in [0, 0.1) is 47.0 Å². The van der Waals surface area contributed by atoms with Crippen LogP contribution in [0.15, 0.2) is 109 Å². The zero-order valence-corrected chi connectivity index (χ0v) is 25.4. The Morgan fingerprint density at radius 3 is 1.80 bits per heavy atom. The van der Waals surface area contributed by atoms with Gasteiger partial charge in [-0.05, 0) is 52.5 Å². The summed E-state index contributed by atoms with van der Waals surface area (Å²) >= 11 is 1.89. The van der Waals surface area contributed by atoms with Gasteiger partial charge in [0.25, 0.3) is 0 Å². The molecule has 4 aromatic carbocycles. The second-order valence-corrected chi connectivity index (χ2v) is 16.3. The molecule has 0 aliphatic rings. The first-order chi connectivity index (χ1) is 19.9. The lowest BCUT2D eigenvalue weighted by atomic mass is 10.0. The third-order valence-corrected chi connectivity index (χ3v) is 8.28. The van der Waals surface area contributed by atoms with E-state index >= 15 is 0 Å². The van der Waals surface area contributed by atoms with Gasteiger partial charge in [0.2, 0.25) is 0 Å². The van der Waals surface area contributed by atoms with Crippen molar-refractivity contribution in [2.24, 2.45) is 0 Å². The zero-order chi connectivity index (χ0) is 28.9. The summed E-state index contributed by atoms with van der Waals surface area (Å²) in [4.78, 5) is 0. The lowest BCUT2D eigenvalue weighted by Crippen LogP contribution is -2.16. The first kappa shape index (κ1) is 29.6. The molecule has 0 heterocycles. The SMILES string of the molecule is C[Si](C)(C)C#CC#CC(O)c1ccccc1C#CC#Cc1ccccc1CSC(c1ccccc1)c1ccccc1. The van der Waals surface area contributed by atoms with Crippen LogP contribution in [0.5, 0.6) is 0 Å². The molecule has 4 aromatic rings. The van der Waals surface area contributed by atoms with Crippen molar-refractivity contribution in [1.29, 1.82) is 0 Å². The van der Waals surface area contributed by atoms with Crippen molar-refractivity contribution in [2.45, 2.75) is 36.7 Å². The Morgan fingerprint density at radius 2 is 1.17 bits per heavy atom. The van der Waals surface area contributed by atoms with E-state index < -0.39 is 14.2 Å². The summed E-state index contributed by atoms with van der Waals surface area (Å²) in [6, 6.07) is 37.0. The van der Waals surface area contributed by atoms with Crippen molar-refractivity contribution in [3.63, 3.8) is 0 Å². The molecule has 0 fully saturated rings. The average molecular weight is 565 g/mol. The number of thioether (sulfide) groups is 1. The molecule has 0 spiro atoms. The largest absolute Gasteiger partial charge is 0.376 e. The van der Waals surface area contributed by atoms with Crippen molar-refractivity contribution in [2.75, 3.05) is 0 Å². The van der Waals surface area contributed by atoms with E-state index in [1.165, 1.54) is 16.7 Å². The average Bonchev–Trinajstić information content (AvgIpc) is 2.99. The van der Waals surface area contributed by atoms with Crippen LogP contribution in [0.3, 0.4) is 0 Å². The van der Waals surface area contributed by atoms with Crippen LogP contribution >= 0.6 is 11.8 Å². The van der Waals surface area contributed by atoms with Gasteiger partial charge in [-0.3, -0.25) is 0 Å². The van der Waals surface area contributed by atoms with E-state index in [2.05, 4.69) is 139 Å². The van der Waals surface area contributed by atoms with Crippen molar-refractivity contribution in [1.82, 2.24) is 0 Å². The van der Waals surface area contributed by atoms with Crippen molar-refractivity contribution < 1.29 is 5.11 Å². The van der Waals surface area contributed by atoms with Crippen LogP contribution < -0.4 is 0 Å². The van der Waals surface area contributed by atoms with Gasteiger partial charge < -0.3 is 5.11 Å². The maximum atomic E-state index is 10.6. The van der Waals surface area contributed by atoms with E-state index in [0.717, 1.165) is 11.3 Å². The summed E-state index contributed by atoms with van der Waals surface area (Å²) in [5.41, 5.74) is 9.27. The Hall–Kier alpha value is -4.35. The van der Waals surface area contributed by atoms with Crippen LogP contribution in [-0.4, -0.2) is 13.2 Å². The normalized spacial score (nSPS) is 11.0.